The van der Waals surface area contributed by atoms with Gasteiger partial charge in [0.2, 0.25) is 5.91 Å². The fourth-order valence-corrected chi connectivity index (χ4v) is 6.03. The van der Waals surface area contributed by atoms with Crippen molar-refractivity contribution in [1.29, 1.82) is 0 Å². The van der Waals surface area contributed by atoms with Gasteiger partial charge >= 0.3 is 5.69 Å². The number of aromatic nitrogens is 2. The molecule has 254 valence electrons. The first-order valence-electron chi connectivity index (χ1n) is 16.7. The maximum absolute atomic E-state index is 12.8. The number of fused-ring (bicyclic) bond motifs is 1. The van der Waals surface area contributed by atoms with Crippen molar-refractivity contribution < 1.29 is 20.7 Å². The van der Waals surface area contributed by atoms with Crippen molar-refractivity contribution in [2.45, 2.75) is 77.8 Å². The predicted octanol–water partition coefficient (Wildman–Crippen LogP) is 5.55. The summed E-state index contributed by atoms with van der Waals surface area (Å²) in [5.74, 6) is 0.471. The second-order valence-electron chi connectivity index (χ2n) is 12.7. The van der Waals surface area contributed by atoms with E-state index in [2.05, 4.69) is 52.3 Å². The van der Waals surface area contributed by atoms with Gasteiger partial charge in [-0.1, -0.05) is 35.9 Å². The molecule has 12 heteroatoms. The lowest BCUT2D eigenvalue weighted by Crippen LogP contribution is -2.45. The fraction of sp³-hybridized carbons (Fsp3) is 0.417. The Kier molecular flexibility index (Phi) is 10.0. The first kappa shape index (κ1) is 33.1. The third kappa shape index (κ3) is 7.83. The maximum atomic E-state index is 12.8. The zero-order valence-corrected chi connectivity index (χ0v) is 28.0. The number of nitrogens with zero attached hydrogens (tertiary/aromatic N) is 4. The molecule has 1 unspecified atom stereocenters. The van der Waals surface area contributed by atoms with Crippen LogP contribution in [0.15, 0.2) is 74.6 Å². The lowest BCUT2D eigenvalue weighted by atomic mass is 9.88. The highest BCUT2D eigenvalue weighted by Gasteiger charge is 2.33. The van der Waals surface area contributed by atoms with Gasteiger partial charge in [0.05, 0.1) is 36.1 Å². The third-order valence-electron chi connectivity index (χ3n) is 8.60. The number of nitrogens with one attached hydrogen (secondary N) is 2. The molecule has 0 saturated carbocycles. The minimum Gasteiger partial charge on any atom is -0.494 e. The molecule has 2 aromatic carbocycles. The molecule has 3 N–H and O–H groups in total. The number of methoxy groups -OCH3 is 1. The Bertz CT molecular complexity index is 1880. The van der Waals surface area contributed by atoms with Crippen LogP contribution in [0.4, 0.5) is 17.1 Å². The Balaban J connectivity index is 1.20. The molecule has 3 atom stereocenters. The van der Waals surface area contributed by atoms with Crippen LogP contribution < -0.4 is 26.2 Å². The normalized spacial score (nSPS) is 20.5. The van der Waals surface area contributed by atoms with Crippen molar-refractivity contribution in [3.05, 3.63) is 92.3 Å². The summed E-state index contributed by atoms with van der Waals surface area (Å²) in [6.45, 7) is 9.06. The van der Waals surface area contributed by atoms with Crippen LogP contribution in [0.5, 0.6) is 5.75 Å². The van der Waals surface area contributed by atoms with Crippen molar-refractivity contribution in [3.8, 4) is 5.75 Å². The molecule has 2 aliphatic heterocycles. The van der Waals surface area contributed by atoms with E-state index in [1.807, 2.05) is 43.3 Å². The zero-order chi connectivity index (χ0) is 35.3. The van der Waals surface area contributed by atoms with Crippen molar-refractivity contribution in [3.63, 3.8) is 0 Å². The standard InChI is InChI=1S/C36H44N6O6/c1-22-11-13-26(14-12-22)39-40-28-17-27-23(2)20-36(4,5)42(29(27)18-31(28)47-6)16-8-10-32(44)37-15-7-9-25-21-41(35(46)38-34(25)45)33-19-30(43)24(3)48-33/h7,9,11-14,17-18,20-21,24,30,33,43H,8,10,15-16,19H2,1-6H3,(H,37,44)(H,38,45,46)/b9-7+,40-39?/t24-,30?,33-/m1/s1/i3D. The number of carbonyl (C=O) groups is 1. The molecule has 1 saturated heterocycles. The number of aliphatic hydroxyl groups is 1. The Labute approximate surface area is 281 Å². The summed E-state index contributed by atoms with van der Waals surface area (Å²) in [7, 11) is 1.61. The highest BCUT2D eigenvalue weighted by molar-refractivity contribution is 5.85. The van der Waals surface area contributed by atoms with E-state index in [1.165, 1.54) is 16.8 Å². The number of aromatic amines is 1. The van der Waals surface area contributed by atoms with E-state index < -0.39 is 29.7 Å². The molecule has 3 heterocycles. The number of H-pyrrole nitrogens is 1. The highest BCUT2D eigenvalue weighted by Crippen LogP contribution is 2.45. The second kappa shape index (κ2) is 14.5. The summed E-state index contributed by atoms with van der Waals surface area (Å²) in [5, 5.41) is 21.8. The van der Waals surface area contributed by atoms with Gasteiger partial charge in [-0.2, -0.15) is 5.11 Å². The number of carbonyl (C=O) groups excluding carboxylic acids is 1. The van der Waals surface area contributed by atoms with E-state index in [9.17, 15) is 19.5 Å². The highest BCUT2D eigenvalue weighted by atomic mass is 16.5. The molecule has 1 aromatic heterocycles. The monoisotopic (exact) mass is 657 g/mol. The van der Waals surface area contributed by atoms with E-state index in [1.54, 1.807) is 13.2 Å². The number of allylic oxidation sites excluding steroid dienone is 1. The van der Waals surface area contributed by atoms with E-state index in [-0.39, 0.29) is 36.9 Å². The van der Waals surface area contributed by atoms with Crippen LogP contribution in [-0.4, -0.2) is 58.5 Å². The maximum Gasteiger partial charge on any atom is 0.330 e. The van der Waals surface area contributed by atoms with Crippen LogP contribution >= 0.6 is 0 Å². The van der Waals surface area contributed by atoms with Gasteiger partial charge in [-0.15, -0.1) is 5.11 Å². The average Bonchev–Trinajstić information content (AvgIpc) is 3.44. The van der Waals surface area contributed by atoms with Crippen molar-refractivity contribution in [2.24, 2.45) is 10.2 Å². The number of aliphatic hydroxyl groups excluding tert-OH is 1. The number of ether oxygens (including phenoxy) is 2. The molecule has 2 aliphatic rings. The van der Waals surface area contributed by atoms with Gasteiger partial charge in [-0.3, -0.25) is 19.1 Å². The summed E-state index contributed by atoms with van der Waals surface area (Å²) >= 11 is 0. The summed E-state index contributed by atoms with van der Waals surface area (Å²) in [4.78, 5) is 42.0. The van der Waals surface area contributed by atoms with Gasteiger partial charge in [0.25, 0.3) is 5.56 Å². The van der Waals surface area contributed by atoms with Crippen LogP contribution in [0.1, 0.15) is 71.2 Å². The Morgan fingerprint density at radius 1 is 1.23 bits per heavy atom. The Hall–Kier alpha value is -4.81. The Morgan fingerprint density at radius 2 is 2.00 bits per heavy atom. The molecule has 0 radical (unpaired) electrons. The smallest absolute Gasteiger partial charge is 0.330 e. The molecular formula is C36H44N6O6. The minimum atomic E-state index is -0.866. The van der Waals surface area contributed by atoms with Gasteiger partial charge in [-0.05, 0) is 64.8 Å². The summed E-state index contributed by atoms with van der Waals surface area (Å²) in [6, 6.07) is 11.8. The molecule has 5 rings (SSSR count). The zero-order valence-electron chi connectivity index (χ0n) is 29.0. The van der Waals surface area contributed by atoms with Crippen LogP contribution in [0, 0.1) is 6.92 Å². The van der Waals surface area contributed by atoms with Crippen LogP contribution in [0.25, 0.3) is 11.6 Å². The van der Waals surface area contributed by atoms with Crippen molar-refractivity contribution in [1.82, 2.24) is 14.9 Å². The predicted molar refractivity (Wildman–Crippen MR) is 186 cm³/mol. The molecule has 48 heavy (non-hydrogen) atoms. The topological polar surface area (TPSA) is 151 Å². The summed E-state index contributed by atoms with van der Waals surface area (Å²) < 4.78 is 20.0. The molecule has 12 nitrogen and oxygen atoms in total. The number of aryl methyl sites for hydroxylation is 1. The first-order valence-corrected chi connectivity index (χ1v) is 16.0. The van der Waals surface area contributed by atoms with Gasteiger partial charge in [0.1, 0.15) is 17.7 Å². The number of azo groups is 1. The summed E-state index contributed by atoms with van der Waals surface area (Å²) in [5.41, 5.74) is 4.34. The Morgan fingerprint density at radius 3 is 2.71 bits per heavy atom. The van der Waals surface area contributed by atoms with E-state index in [0.29, 0.717) is 30.8 Å². The number of benzene rings is 2. The number of hydrogen-bond acceptors (Lipinski definition) is 9. The van der Waals surface area contributed by atoms with Gasteiger partial charge < -0.3 is 24.8 Å². The quantitative estimate of drug-likeness (QED) is 0.229. The van der Waals surface area contributed by atoms with Gasteiger partial charge in [0, 0.05) is 50.8 Å². The summed E-state index contributed by atoms with van der Waals surface area (Å²) in [6.07, 6.45) is 5.41. The number of hydrogen-bond donors (Lipinski definition) is 3. The van der Waals surface area contributed by atoms with Crippen LogP contribution in [0.3, 0.4) is 0 Å². The second-order valence-corrected chi connectivity index (χ2v) is 12.7. The molecule has 0 spiro atoms. The fourth-order valence-electron chi connectivity index (χ4n) is 6.03. The first-order chi connectivity index (χ1) is 23.4. The molecule has 3 aromatic rings. The van der Waals surface area contributed by atoms with E-state index >= 15 is 0 Å². The van der Waals surface area contributed by atoms with Crippen molar-refractivity contribution >= 4 is 34.6 Å². The van der Waals surface area contributed by atoms with E-state index in [0.717, 1.165) is 28.1 Å². The molecular weight excluding hydrogens is 612 g/mol. The lowest BCUT2D eigenvalue weighted by Gasteiger charge is -2.43. The van der Waals surface area contributed by atoms with Crippen molar-refractivity contribution in [2.75, 3.05) is 25.1 Å². The number of rotatable bonds is 11. The number of anilines is 1. The molecule has 1 amide bonds. The minimum absolute atomic E-state index is 0.135. The number of amides is 1. The van der Waals surface area contributed by atoms with Crippen LogP contribution in [-0.2, 0) is 9.53 Å². The lowest BCUT2D eigenvalue weighted by molar-refractivity contribution is -0.120. The molecule has 1 fully saturated rings. The molecule has 0 aliphatic carbocycles. The van der Waals surface area contributed by atoms with Gasteiger partial charge in [0.15, 0.2) is 0 Å². The third-order valence-corrected chi connectivity index (χ3v) is 8.60. The van der Waals surface area contributed by atoms with Gasteiger partial charge in [-0.25, -0.2) is 4.79 Å². The largest absolute Gasteiger partial charge is 0.494 e. The molecule has 0 bridgehead atoms. The van der Waals surface area contributed by atoms with E-state index in [4.69, 9.17) is 10.8 Å². The SMILES string of the molecule is [2H]C[C@H]1O[C@@H](n2cc(/C=C/CNC(=O)CCCN3c4cc(OC)c(N=Nc5ccc(C)cc5)cc4C(C)=CC3(C)C)c(=O)[nH]c2=O)CC1O. The average molecular weight is 658 g/mol. The van der Waals surface area contributed by atoms with Crippen LogP contribution in [0.2, 0.25) is 0 Å².